The van der Waals surface area contributed by atoms with Gasteiger partial charge in [0.1, 0.15) is 12.6 Å². The van der Waals surface area contributed by atoms with Crippen molar-refractivity contribution >= 4 is 11.4 Å². The summed E-state index contributed by atoms with van der Waals surface area (Å²) in [5, 5.41) is 12.9. The van der Waals surface area contributed by atoms with Gasteiger partial charge in [-0.05, 0) is 55.8 Å². The van der Waals surface area contributed by atoms with Crippen LogP contribution in [-0.2, 0) is 4.74 Å². The molecule has 0 unspecified atom stereocenters. The van der Waals surface area contributed by atoms with E-state index in [0.29, 0.717) is 0 Å². The third-order valence-electron chi connectivity index (χ3n) is 4.70. The van der Waals surface area contributed by atoms with Gasteiger partial charge in [-0.25, -0.2) is 0 Å². The van der Waals surface area contributed by atoms with Crippen molar-refractivity contribution < 1.29 is 15.0 Å². The van der Waals surface area contributed by atoms with Gasteiger partial charge in [0.25, 0.3) is 5.69 Å². The van der Waals surface area contributed by atoms with Crippen LogP contribution in [0.5, 0.6) is 0 Å². The van der Waals surface area contributed by atoms with Gasteiger partial charge in [-0.2, -0.15) is 0 Å². The lowest BCUT2D eigenvalue weighted by Crippen LogP contribution is -2.82. The second-order valence-corrected chi connectivity index (χ2v) is 6.13. The molecule has 1 heterocycles. The van der Waals surface area contributed by atoms with Gasteiger partial charge in [0.2, 0.25) is 6.23 Å². The van der Waals surface area contributed by atoms with Crippen molar-refractivity contribution in [2.45, 2.75) is 26.2 Å². The van der Waals surface area contributed by atoms with Crippen LogP contribution in [0.15, 0.2) is 48.5 Å². The number of non-ortho nitro benzene ring substituents is 1. The Morgan fingerprint density at radius 2 is 1.68 bits per heavy atom. The van der Waals surface area contributed by atoms with Gasteiger partial charge in [-0.1, -0.05) is 0 Å². The number of hydrogen-bond donors (Lipinski definition) is 1. The Labute approximate surface area is 147 Å². The number of hydrogen-bond acceptors (Lipinski definition) is 4. The molecule has 1 fully saturated rings. The summed E-state index contributed by atoms with van der Waals surface area (Å²) >= 11 is 0. The van der Waals surface area contributed by atoms with Crippen molar-refractivity contribution in [1.82, 2.24) is 0 Å². The Morgan fingerprint density at radius 1 is 1.08 bits per heavy atom. The van der Waals surface area contributed by atoms with Gasteiger partial charge < -0.3 is 15.0 Å². The van der Waals surface area contributed by atoms with Crippen LogP contribution >= 0.6 is 0 Å². The van der Waals surface area contributed by atoms with E-state index in [1.54, 1.807) is 12.1 Å². The van der Waals surface area contributed by atoms with E-state index in [2.05, 4.69) is 48.3 Å². The molecule has 0 aromatic heterocycles. The number of ether oxygens (including phenoxy) is 1. The molecule has 0 spiro atoms. The van der Waals surface area contributed by atoms with Crippen LogP contribution in [-0.4, -0.2) is 24.6 Å². The second-order valence-electron chi connectivity index (χ2n) is 6.13. The minimum Gasteiger partial charge on any atom is -0.372 e. The summed E-state index contributed by atoms with van der Waals surface area (Å²) in [5.41, 5.74) is 3.44. The summed E-state index contributed by atoms with van der Waals surface area (Å²) in [4.78, 5) is 12.7. The van der Waals surface area contributed by atoms with E-state index >= 15 is 0 Å². The molecule has 2 aromatic carbocycles. The summed E-state index contributed by atoms with van der Waals surface area (Å²) in [5.74, 6) is 0. The van der Waals surface area contributed by atoms with Crippen molar-refractivity contribution in [2.75, 3.05) is 24.5 Å². The molecule has 0 saturated carbocycles. The van der Waals surface area contributed by atoms with E-state index in [9.17, 15) is 10.1 Å². The Kier molecular flexibility index (Phi) is 5.31. The summed E-state index contributed by atoms with van der Waals surface area (Å²) in [6.07, 6.45) is -0.0841. The van der Waals surface area contributed by atoms with E-state index in [4.69, 9.17) is 4.74 Å². The summed E-state index contributed by atoms with van der Waals surface area (Å²) in [6, 6.07) is 15.1. The van der Waals surface area contributed by atoms with Crippen LogP contribution in [0, 0.1) is 10.1 Å². The largest absolute Gasteiger partial charge is 0.372 e. The van der Waals surface area contributed by atoms with Gasteiger partial charge in [0, 0.05) is 36.5 Å². The molecule has 132 valence electrons. The molecule has 6 nitrogen and oxygen atoms in total. The normalized spacial score (nSPS) is 19.8. The number of nitrogens with zero attached hydrogens (tertiary/aromatic N) is 2. The lowest BCUT2D eigenvalue weighted by molar-refractivity contribution is -0.698. The molecule has 0 aliphatic carbocycles. The fourth-order valence-electron chi connectivity index (χ4n) is 3.24. The van der Waals surface area contributed by atoms with Crippen LogP contribution < -0.4 is 10.2 Å². The van der Waals surface area contributed by atoms with E-state index < -0.39 is 0 Å². The van der Waals surface area contributed by atoms with Crippen LogP contribution in [0.4, 0.5) is 11.4 Å². The molecule has 3 rings (SSSR count). The molecule has 1 saturated heterocycles. The highest BCUT2D eigenvalue weighted by Crippen LogP contribution is 2.28. The smallest absolute Gasteiger partial charge is 0.269 e. The van der Waals surface area contributed by atoms with Crippen LogP contribution in [0.3, 0.4) is 0 Å². The average Bonchev–Trinajstić information content (AvgIpc) is 3.13. The first-order valence-corrected chi connectivity index (χ1v) is 8.70. The molecule has 0 radical (unpaired) electrons. The second kappa shape index (κ2) is 7.63. The first-order valence-electron chi connectivity index (χ1n) is 8.70. The minimum absolute atomic E-state index is 0.0362. The molecular weight excluding hydrogens is 318 g/mol. The van der Waals surface area contributed by atoms with Crippen molar-refractivity contribution in [3.63, 3.8) is 0 Å². The first-order chi connectivity index (χ1) is 12.1. The molecule has 6 heteroatoms. The quantitative estimate of drug-likeness (QED) is 0.647. The third kappa shape index (κ3) is 3.81. The highest BCUT2D eigenvalue weighted by molar-refractivity contribution is 5.47. The monoisotopic (exact) mass is 342 g/mol. The number of nitro benzene ring substituents is 1. The van der Waals surface area contributed by atoms with Crippen LogP contribution in [0.1, 0.15) is 37.3 Å². The molecule has 1 aliphatic rings. The zero-order valence-electron chi connectivity index (χ0n) is 14.6. The minimum atomic E-state index is -0.383. The first kappa shape index (κ1) is 17.4. The van der Waals surface area contributed by atoms with E-state index in [0.717, 1.165) is 30.8 Å². The zero-order valence-corrected chi connectivity index (χ0v) is 14.6. The molecule has 0 bridgehead atoms. The molecular formula is C19H24N3O3+. The van der Waals surface area contributed by atoms with E-state index in [1.165, 1.54) is 17.8 Å². The number of nitrogens with two attached hydrogens (primary N) is 1. The maximum absolute atomic E-state index is 10.8. The molecule has 2 N–H and O–H groups in total. The number of rotatable bonds is 6. The predicted octanol–water partition coefficient (Wildman–Crippen LogP) is 2.77. The van der Waals surface area contributed by atoms with Crippen molar-refractivity contribution in [3.8, 4) is 0 Å². The van der Waals surface area contributed by atoms with E-state index in [-0.39, 0.29) is 22.9 Å². The topological polar surface area (TPSA) is 72.2 Å². The fourth-order valence-corrected chi connectivity index (χ4v) is 3.24. The SMILES string of the molecule is CCN(CC)c1ccc([C@@H]2[NH2+]C[C@H](c3ccc([N+](=O)[O-])cc3)O2)cc1. The zero-order chi connectivity index (χ0) is 17.8. The van der Waals surface area contributed by atoms with Gasteiger partial charge in [0.05, 0.1) is 4.92 Å². The Balaban J connectivity index is 1.67. The van der Waals surface area contributed by atoms with Crippen molar-refractivity contribution in [3.05, 3.63) is 69.8 Å². The number of nitro groups is 1. The lowest BCUT2D eigenvalue weighted by atomic mass is 10.1. The molecule has 1 aliphatic heterocycles. The van der Waals surface area contributed by atoms with Gasteiger partial charge >= 0.3 is 0 Å². The number of benzene rings is 2. The summed E-state index contributed by atoms with van der Waals surface area (Å²) < 4.78 is 6.15. The molecule has 0 amide bonds. The van der Waals surface area contributed by atoms with E-state index in [1.807, 2.05) is 0 Å². The van der Waals surface area contributed by atoms with Gasteiger partial charge in [-0.3, -0.25) is 10.1 Å². The number of quaternary nitrogens is 1. The van der Waals surface area contributed by atoms with Crippen molar-refractivity contribution in [1.29, 1.82) is 0 Å². The lowest BCUT2D eigenvalue weighted by Gasteiger charge is -2.21. The maximum Gasteiger partial charge on any atom is 0.269 e. The van der Waals surface area contributed by atoms with Crippen LogP contribution in [0.2, 0.25) is 0 Å². The fraction of sp³-hybridized carbons (Fsp3) is 0.368. The summed E-state index contributed by atoms with van der Waals surface area (Å²) in [7, 11) is 0. The Bertz CT molecular complexity index is 712. The predicted molar refractivity (Wildman–Crippen MR) is 96.5 cm³/mol. The van der Waals surface area contributed by atoms with Gasteiger partial charge in [0.15, 0.2) is 0 Å². The third-order valence-corrected chi connectivity index (χ3v) is 4.70. The molecule has 2 atom stereocenters. The van der Waals surface area contributed by atoms with Crippen LogP contribution in [0.25, 0.3) is 0 Å². The summed E-state index contributed by atoms with van der Waals surface area (Å²) in [6.45, 7) is 7.09. The number of anilines is 1. The highest BCUT2D eigenvalue weighted by Gasteiger charge is 2.31. The Hall–Kier alpha value is -2.44. The van der Waals surface area contributed by atoms with Gasteiger partial charge in [-0.15, -0.1) is 0 Å². The van der Waals surface area contributed by atoms with Crippen molar-refractivity contribution in [2.24, 2.45) is 0 Å². The molecule has 2 aromatic rings. The highest BCUT2D eigenvalue weighted by atomic mass is 16.6. The standard InChI is InChI=1S/C19H23N3O3/c1-3-21(4-2)16-9-7-15(8-10-16)19-20-13-18(25-19)14-5-11-17(12-6-14)22(23)24/h5-12,18-20H,3-4,13H2,1-2H3/p+1/t18-,19-/m1/s1. The molecule has 25 heavy (non-hydrogen) atoms. The maximum atomic E-state index is 10.8. The average molecular weight is 342 g/mol. The Morgan fingerprint density at radius 3 is 2.24 bits per heavy atom.